The molecule has 1 N–H and O–H groups in total. The zero-order valence-electron chi connectivity index (χ0n) is 8.25. The summed E-state index contributed by atoms with van der Waals surface area (Å²) in [5.41, 5.74) is 0. The van der Waals surface area contributed by atoms with E-state index >= 15 is 0 Å². The average Bonchev–Trinajstić information content (AvgIpc) is 2.11. The van der Waals surface area contributed by atoms with Crippen LogP contribution in [0.2, 0.25) is 5.79 Å². The summed E-state index contributed by atoms with van der Waals surface area (Å²) >= 11 is 0.253. The highest BCUT2D eigenvalue weighted by Gasteiger charge is 2.05. The lowest BCUT2D eigenvalue weighted by Gasteiger charge is -2.09. The molecule has 2 nitrogen and oxygen atoms in total. The number of hydrogen-bond acceptors (Lipinski definition) is 2. The van der Waals surface area contributed by atoms with Crippen molar-refractivity contribution in [3.63, 3.8) is 0 Å². The Bertz CT molecular complexity index is 84.6. The summed E-state index contributed by atoms with van der Waals surface area (Å²) in [6, 6.07) is 0. The minimum Gasteiger partial charge on any atom is -0.253 e. The topological polar surface area (TPSA) is 29.5 Å². The summed E-state index contributed by atoms with van der Waals surface area (Å²) in [6.07, 6.45) is 7.47. The van der Waals surface area contributed by atoms with Crippen LogP contribution in [0.5, 0.6) is 0 Å². The van der Waals surface area contributed by atoms with Gasteiger partial charge in [0.05, 0.1) is 0 Å². The normalized spacial score (nSPS) is 12.9. The summed E-state index contributed by atoms with van der Waals surface area (Å²) in [5.74, 6) is 2.12. The molecule has 0 aliphatic carbocycles. The van der Waals surface area contributed by atoms with E-state index in [1.807, 2.05) is 0 Å². The Labute approximate surface area is 82.0 Å². The summed E-state index contributed by atoms with van der Waals surface area (Å²) in [7, 11) is 0. The van der Waals surface area contributed by atoms with Crippen molar-refractivity contribution in [1.82, 2.24) is 0 Å². The van der Waals surface area contributed by atoms with Gasteiger partial charge in [-0.3, -0.25) is 10.1 Å². The number of rotatable bonds is 8. The van der Waals surface area contributed by atoms with Crippen LogP contribution in [-0.4, -0.2) is 25.4 Å². The first-order valence-corrected chi connectivity index (χ1v) is 6.77. The highest BCUT2D eigenvalue weighted by Crippen LogP contribution is 2.08. The molecule has 1 unspecified atom stereocenters. The molecule has 12 heavy (non-hydrogen) atoms. The van der Waals surface area contributed by atoms with Crippen molar-refractivity contribution < 1.29 is 10.1 Å². The molecule has 0 aromatic rings. The maximum absolute atomic E-state index is 8.45. The fourth-order valence-electron chi connectivity index (χ4n) is 1.23. The Balaban J connectivity index is 3.06. The van der Waals surface area contributed by atoms with Gasteiger partial charge in [-0.2, -0.15) is 0 Å². The molecule has 0 aliphatic heterocycles. The van der Waals surface area contributed by atoms with Crippen LogP contribution in [0.15, 0.2) is 0 Å². The van der Waals surface area contributed by atoms with Crippen LogP contribution in [0.3, 0.4) is 0 Å². The second kappa shape index (κ2) is 9.54. The SMILES string of the molecule is CCCCCCC[CH](OO)[Al][CH3]. The van der Waals surface area contributed by atoms with E-state index in [9.17, 15) is 0 Å². The maximum atomic E-state index is 8.45. The summed E-state index contributed by atoms with van der Waals surface area (Å²) in [4.78, 5) is 4.49. The fourth-order valence-corrected chi connectivity index (χ4v) is 1.92. The van der Waals surface area contributed by atoms with E-state index in [2.05, 4.69) is 17.6 Å². The Morgan fingerprint density at radius 1 is 1.25 bits per heavy atom. The molecule has 0 aromatic heterocycles. The largest absolute Gasteiger partial charge is 0.253 e. The van der Waals surface area contributed by atoms with E-state index < -0.39 is 0 Å². The molecule has 0 saturated heterocycles. The van der Waals surface area contributed by atoms with E-state index in [-0.39, 0.29) is 20.2 Å². The van der Waals surface area contributed by atoms with Crippen LogP contribution in [0.4, 0.5) is 0 Å². The van der Waals surface area contributed by atoms with Gasteiger partial charge in [-0.25, -0.2) is 0 Å². The lowest BCUT2D eigenvalue weighted by atomic mass is 10.1. The molecule has 0 aromatic carbocycles. The molecule has 0 amide bonds. The van der Waals surface area contributed by atoms with Gasteiger partial charge in [0.1, 0.15) is 0 Å². The second-order valence-corrected chi connectivity index (χ2v) is 4.59. The molecule has 1 radical (unpaired) electrons. The van der Waals surface area contributed by atoms with Crippen molar-refractivity contribution in [1.29, 1.82) is 0 Å². The lowest BCUT2D eigenvalue weighted by Crippen LogP contribution is -2.16. The minimum atomic E-state index is 0.145. The molecular weight excluding hydrogens is 167 g/mol. The molecule has 1 atom stereocenters. The van der Waals surface area contributed by atoms with Gasteiger partial charge in [-0.05, 0) is 6.42 Å². The summed E-state index contributed by atoms with van der Waals surface area (Å²) in [5, 5.41) is 8.45. The lowest BCUT2D eigenvalue weighted by molar-refractivity contribution is -0.258. The molecule has 0 spiro atoms. The quantitative estimate of drug-likeness (QED) is 0.274. The second-order valence-electron chi connectivity index (χ2n) is 3.18. The summed E-state index contributed by atoms with van der Waals surface area (Å²) < 4.78 is 0. The van der Waals surface area contributed by atoms with E-state index in [1.54, 1.807) is 0 Å². The van der Waals surface area contributed by atoms with E-state index in [0.717, 1.165) is 6.42 Å². The zero-order chi connectivity index (χ0) is 9.23. The van der Waals surface area contributed by atoms with Crippen molar-refractivity contribution in [2.75, 3.05) is 0 Å². The van der Waals surface area contributed by atoms with Crippen molar-refractivity contribution in [2.24, 2.45) is 0 Å². The fraction of sp³-hybridized carbons (Fsp3) is 1.00. The molecule has 0 aliphatic rings. The summed E-state index contributed by atoms with van der Waals surface area (Å²) in [6.45, 7) is 2.22. The van der Waals surface area contributed by atoms with Crippen LogP contribution in [-0.2, 0) is 4.89 Å². The Hall–Kier alpha value is 0.452. The van der Waals surface area contributed by atoms with Crippen molar-refractivity contribution >= 4 is 15.2 Å². The molecular formula is C9H20AlO2. The first-order valence-electron chi connectivity index (χ1n) is 4.94. The molecule has 0 rings (SSSR count). The van der Waals surface area contributed by atoms with Gasteiger partial charge in [0.25, 0.3) is 0 Å². The molecule has 3 heteroatoms. The molecule has 0 heterocycles. The highest BCUT2D eigenvalue weighted by molar-refractivity contribution is 6.35. The van der Waals surface area contributed by atoms with Gasteiger partial charge in [0.2, 0.25) is 15.2 Å². The third-order valence-corrected chi connectivity index (χ3v) is 3.30. The molecule has 0 bridgehead atoms. The van der Waals surface area contributed by atoms with Crippen LogP contribution in [0, 0.1) is 0 Å². The van der Waals surface area contributed by atoms with Crippen LogP contribution >= 0.6 is 0 Å². The number of hydrogen-bond donors (Lipinski definition) is 1. The first-order chi connectivity index (χ1) is 5.85. The standard InChI is InChI=1S/C8H17O2.CH3.Al/c1-2-3-4-5-6-7-8-10-9;;/h8-9H,2-7H2,1H3;1H3;. The minimum absolute atomic E-state index is 0.145. The maximum Gasteiger partial charge on any atom is 0.250 e. The van der Waals surface area contributed by atoms with Crippen molar-refractivity contribution in [2.45, 2.75) is 56.2 Å². The Kier molecular flexibility index (Phi) is 9.90. The third-order valence-electron chi connectivity index (χ3n) is 2.10. The van der Waals surface area contributed by atoms with Gasteiger partial charge < -0.3 is 0 Å². The van der Waals surface area contributed by atoms with Gasteiger partial charge in [0.15, 0.2) is 0 Å². The third kappa shape index (κ3) is 7.12. The van der Waals surface area contributed by atoms with Gasteiger partial charge >= 0.3 is 0 Å². The van der Waals surface area contributed by atoms with E-state index in [0.29, 0.717) is 0 Å². The van der Waals surface area contributed by atoms with Crippen LogP contribution in [0.1, 0.15) is 45.4 Å². The van der Waals surface area contributed by atoms with E-state index in [1.165, 1.54) is 32.1 Å². The van der Waals surface area contributed by atoms with Crippen molar-refractivity contribution in [3.8, 4) is 0 Å². The van der Waals surface area contributed by atoms with E-state index in [4.69, 9.17) is 5.26 Å². The molecule has 0 saturated carbocycles. The predicted octanol–water partition coefficient (Wildman–Crippen LogP) is 2.91. The molecule has 71 valence electrons. The Morgan fingerprint density at radius 2 is 1.92 bits per heavy atom. The van der Waals surface area contributed by atoms with Crippen LogP contribution < -0.4 is 0 Å². The Morgan fingerprint density at radius 3 is 2.42 bits per heavy atom. The number of unbranched alkanes of at least 4 members (excludes halogenated alkanes) is 4. The zero-order valence-corrected chi connectivity index (χ0v) is 9.41. The van der Waals surface area contributed by atoms with Crippen LogP contribution in [0.25, 0.3) is 0 Å². The highest BCUT2D eigenvalue weighted by atomic mass is 27.1. The van der Waals surface area contributed by atoms with Crippen molar-refractivity contribution in [3.05, 3.63) is 0 Å². The van der Waals surface area contributed by atoms with Gasteiger partial charge in [-0.15, -0.1) is 5.79 Å². The van der Waals surface area contributed by atoms with Gasteiger partial charge in [0, 0.05) is 4.97 Å². The smallest absolute Gasteiger partial charge is 0.250 e. The monoisotopic (exact) mass is 187 g/mol. The first kappa shape index (κ1) is 12.5. The average molecular weight is 187 g/mol. The molecule has 0 fully saturated rings. The van der Waals surface area contributed by atoms with Gasteiger partial charge in [-0.1, -0.05) is 39.0 Å². The predicted molar refractivity (Wildman–Crippen MR) is 52.5 cm³/mol.